The Kier molecular flexibility index (Phi) is 7.15. The number of rotatable bonds is 9. The summed E-state index contributed by atoms with van der Waals surface area (Å²) in [6.45, 7) is 1.46. The molecule has 0 spiro atoms. The molecule has 218 valence electrons. The van der Waals surface area contributed by atoms with Gasteiger partial charge < -0.3 is 19.4 Å². The summed E-state index contributed by atoms with van der Waals surface area (Å²) in [5.41, 5.74) is 0.892. The van der Waals surface area contributed by atoms with Gasteiger partial charge in [-0.15, -0.1) is 0 Å². The third-order valence-corrected chi connectivity index (χ3v) is 9.02. The summed E-state index contributed by atoms with van der Waals surface area (Å²) in [5, 5.41) is 6.53. The molecule has 1 aliphatic carbocycles. The number of nitrogens with one attached hydrogen (secondary N) is 1. The van der Waals surface area contributed by atoms with Gasteiger partial charge in [-0.1, -0.05) is 0 Å². The molecule has 2 fully saturated rings. The molecule has 12 nitrogen and oxygen atoms in total. The van der Waals surface area contributed by atoms with E-state index in [0.717, 1.165) is 28.4 Å². The summed E-state index contributed by atoms with van der Waals surface area (Å²) >= 11 is 0. The van der Waals surface area contributed by atoms with Gasteiger partial charge in [0.25, 0.3) is 10.0 Å². The molecule has 0 amide bonds. The summed E-state index contributed by atoms with van der Waals surface area (Å²) in [7, 11) is -3.54. The Morgan fingerprint density at radius 1 is 1.15 bits per heavy atom. The van der Waals surface area contributed by atoms with Crippen molar-refractivity contribution in [3.63, 3.8) is 0 Å². The first-order chi connectivity index (χ1) is 19.6. The zero-order chi connectivity index (χ0) is 28.8. The fraction of sp³-hybridized carbons (Fsp3) is 0.480. The van der Waals surface area contributed by atoms with E-state index in [1.165, 1.54) is 30.9 Å². The molecule has 0 bridgehead atoms. The van der Waals surface area contributed by atoms with Crippen LogP contribution in [0.15, 0.2) is 36.9 Å². The molecule has 1 aliphatic heterocycles. The molecule has 2 atom stereocenters. The van der Waals surface area contributed by atoms with Crippen LogP contribution in [0.4, 0.5) is 24.8 Å². The Labute approximate surface area is 233 Å². The molecule has 0 radical (unpaired) electrons. The van der Waals surface area contributed by atoms with E-state index in [2.05, 4.69) is 30.4 Å². The number of ether oxygens (including phenoxy) is 2. The van der Waals surface area contributed by atoms with Crippen LogP contribution in [0.2, 0.25) is 0 Å². The molecule has 4 aromatic rings. The van der Waals surface area contributed by atoms with Gasteiger partial charge in [0.05, 0.1) is 34.9 Å². The van der Waals surface area contributed by atoms with E-state index in [1.807, 2.05) is 0 Å². The van der Waals surface area contributed by atoms with Gasteiger partial charge in [0.2, 0.25) is 0 Å². The number of imidazole rings is 1. The highest BCUT2D eigenvalue weighted by Crippen LogP contribution is 2.35. The lowest BCUT2D eigenvalue weighted by molar-refractivity contribution is -0.175. The largest absolute Gasteiger partial charge is 0.408 e. The number of hydrogen-bond donors (Lipinski definition) is 1. The predicted molar refractivity (Wildman–Crippen MR) is 141 cm³/mol. The third-order valence-electron chi connectivity index (χ3n) is 6.98. The number of aromatic nitrogens is 7. The minimum absolute atomic E-state index is 0.112. The number of fused-ring (bicyclic) bond motifs is 1. The van der Waals surface area contributed by atoms with Gasteiger partial charge >= 0.3 is 6.18 Å². The van der Waals surface area contributed by atoms with Gasteiger partial charge in [-0.25, -0.2) is 28.4 Å². The van der Waals surface area contributed by atoms with E-state index >= 15 is 0 Å². The predicted octanol–water partition coefficient (Wildman–Crippen LogP) is 4.34. The number of nitrogens with zero attached hydrogens (tertiary/aromatic N) is 7. The maximum Gasteiger partial charge on any atom is 0.408 e. The average molecular weight is 593 g/mol. The first-order valence-electron chi connectivity index (χ1n) is 13.2. The van der Waals surface area contributed by atoms with Gasteiger partial charge in [-0.05, 0) is 45.1 Å². The highest BCUT2D eigenvalue weighted by atomic mass is 32.2. The van der Waals surface area contributed by atoms with E-state index < -0.39 is 33.8 Å². The number of anilines is 2. The van der Waals surface area contributed by atoms with Crippen molar-refractivity contribution < 1.29 is 31.1 Å². The van der Waals surface area contributed by atoms with Crippen LogP contribution < -0.4 is 5.32 Å². The smallest absolute Gasteiger partial charge is 0.353 e. The number of alkyl halides is 3. The Hall–Kier alpha value is -3.63. The van der Waals surface area contributed by atoms with Crippen LogP contribution in [0.1, 0.15) is 50.9 Å². The highest BCUT2D eigenvalue weighted by molar-refractivity contribution is 7.90. The Morgan fingerprint density at radius 2 is 1.98 bits per heavy atom. The first kappa shape index (κ1) is 27.5. The molecule has 16 heteroatoms. The minimum Gasteiger partial charge on any atom is -0.353 e. The van der Waals surface area contributed by atoms with Crippen molar-refractivity contribution in [3.05, 3.63) is 42.7 Å². The zero-order valence-corrected chi connectivity index (χ0v) is 22.8. The monoisotopic (exact) mass is 592 g/mol. The second-order valence-electron chi connectivity index (χ2n) is 10.0. The number of hydrogen-bond acceptors (Lipinski definition) is 10. The Balaban J connectivity index is 1.27. The lowest BCUT2D eigenvalue weighted by atomic mass is 10.2. The summed E-state index contributed by atoms with van der Waals surface area (Å²) < 4.78 is 79.9. The molecule has 1 N–H and O–H groups in total. The van der Waals surface area contributed by atoms with Gasteiger partial charge in [0.1, 0.15) is 35.6 Å². The van der Waals surface area contributed by atoms with Crippen LogP contribution in [0.3, 0.4) is 0 Å². The average Bonchev–Trinajstić information content (AvgIpc) is 3.59. The second-order valence-corrected chi connectivity index (χ2v) is 12.1. The van der Waals surface area contributed by atoms with Crippen molar-refractivity contribution in [2.24, 2.45) is 0 Å². The Bertz CT molecular complexity index is 1660. The molecule has 1 saturated heterocycles. The van der Waals surface area contributed by atoms with Crippen LogP contribution >= 0.6 is 0 Å². The van der Waals surface area contributed by atoms with Crippen LogP contribution in [0.25, 0.3) is 22.4 Å². The fourth-order valence-electron chi connectivity index (χ4n) is 4.58. The van der Waals surface area contributed by atoms with Crippen molar-refractivity contribution in [2.75, 3.05) is 11.9 Å². The molecule has 2 aliphatic rings. The van der Waals surface area contributed by atoms with E-state index in [0.29, 0.717) is 37.3 Å². The first-order valence-corrected chi connectivity index (χ1v) is 14.7. The molecule has 41 heavy (non-hydrogen) atoms. The minimum atomic E-state index is -4.53. The van der Waals surface area contributed by atoms with Crippen molar-refractivity contribution in [3.8, 4) is 11.4 Å². The van der Waals surface area contributed by atoms with Crippen molar-refractivity contribution in [1.82, 2.24) is 33.7 Å². The lowest BCUT2D eigenvalue weighted by Crippen LogP contribution is -2.27. The van der Waals surface area contributed by atoms with Crippen LogP contribution in [-0.2, 0) is 26.1 Å². The van der Waals surface area contributed by atoms with Gasteiger partial charge in [0.15, 0.2) is 12.1 Å². The topological polar surface area (TPSA) is 139 Å². The highest BCUT2D eigenvalue weighted by Gasteiger charge is 2.40. The standard InChI is InChI=1S/C25H27F3N8O4S/c1-15(25(26,27)28)36-19-10-21(30-12-18(19)32-22(36)14-40-23-4-2-3-9-39-23)33-20-7-8-29-24(34-20)16-11-31-35(13-16)41(37,38)17-5-6-17/h7-8,10-13,15,17,23H,2-6,9,14H2,1H3,(H,29,30,33,34)/t15?,23-/m1/s1. The summed E-state index contributed by atoms with van der Waals surface area (Å²) in [5.74, 6) is 0.856. The van der Waals surface area contributed by atoms with Crippen LogP contribution in [-0.4, -0.2) is 66.4 Å². The fourth-order valence-corrected chi connectivity index (χ4v) is 6.06. The third kappa shape index (κ3) is 5.76. The van der Waals surface area contributed by atoms with Gasteiger partial charge in [-0.2, -0.15) is 22.4 Å². The van der Waals surface area contributed by atoms with Crippen molar-refractivity contribution in [2.45, 2.75) is 69.4 Å². The summed E-state index contributed by atoms with van der Waals surface area (Å²) in [6.07, 6.45) is 4.28. The van der Waals surface area contributed by atoms with Crippen molar-refractivity contribution in [1.29, 1.82) is 0 Å². The molecule has 6 rings (SSSR count). The molecule has 0 aromatic carbocycles. The lowest BCUT2D eigenvalue weighted by Gasteiger charge is -2.24. The van der Waals surface area contributed by atoms with E-state index in [1.54, 1.807) is 6.07 Å². The normalized spacial score (nSPS) is 19.0. The zero-order valence-electron chi connectivity index (χ0n) is 22.0. The molecule has 5 heterocycles. The van der Waals surface area contributed by atoms with Crippen LogP contribution in [0.5, 0.6) is 0 Å². The second kappa shape index (κ2) is 10.6. The van der Waals surface area contributed by atoms with Crippen molar-refractivity contribution >= 4 is 32.7 Å². The molecule has 4 aromatic heterocycles. The number of pyridine rings is 1. The van der Waals surface area contributed by atoms with Gasteiger partial charge in [0, 0.05) is 18.9 Å². The molecular weight excluding hydrogens is 565 g/mol. The van der Waals surface area contributed by atoms with E-state index in [4.69, 9.17) is 9.47 Å². The Morgan fingerprint density at radius 3 is 2.71 bits per heavy atom. The van der Waals surface area contributed by atoms with Crippen LogP contribution in [0, 0.1) is 0 Å². The maximum atomic E-state index is 13.9. The summed E-state index contributed by atoms with van der Waals surface area (Å²) in [6, 6.07) is 1.15. The molecule has 1 saturated carbocycles. The maximum absolute atomic E-state index is 13.9. The van der Waals surface area contributed by atoms with E-state index in [-0.39, 0.29) is 35.1 Å². The summed E-state index contributed by atoms with van der Waals surface area (Å²) in [4.78, 5) is 17.3. The molecule has 1 unspecified atom stereocenters. The number of halogens is 3. The van der Waals surface area contributed by atoms with E-state index in [9.17, 15) is 21.6 Å². The SMILES string of the molecule is CC(n1c(CO[C@@H]2CCCCO2)nc2cnc(Nc3ccnc(-c4cnn(S(=O)(=O)C5CC5)c4)n3)cc21)C(F)(F)F. The van der Waals surface area contributed by atoms with Gasteiger partial charge in [-0.3, -0.25) is 0 Å². The quantitative estimate of drug-likeness (QED) is 0.299. The molecular formula is C25H27F3N8O4S.